The molecule has 104 valence electrons. The van der Waals surface area contributed by atoms with Gasteiger partial charge in [-0.3, -0.25) is 4.79 Å². The maximum Gasteiger partial charge on any atom is 0.253 e. The molecule has 2 rings (SSSR count). The fourth-order valence-electron chi connectivity index (χ4n) is 2.68. The largest absolute Gasteiger partial charge is 0.387 e. The lowest BCUT2D eigenvalue weighted by atomic mass is 10.1. The van der Waals surface area contributed by atoms with E-state index in [1.807, 2.05) is 32.2 Å². The second-order valence-corrected chi connectivity index (χ2v) is 5.08. The molecule has 2 unspecified atom stereocenters. The first kappa shape index (κ1) is 13.9. The summed E-state index contributed by atoms with van der Waals surface area (Å²) in [6.07, 6.45) is 3.27. The average Bonchev–Trinajstić information content (AvgIpc) is 2.85. The highest BCUT2D eigenvalue weighted by atomic mass is 16.5. The molecular weight excluding hydrogens is 240 g/mol. The molecule has 0 spiro atoms. The minimum Gasteiger partial charge on any atom is -0.387 e. The second kappa shape index (κ2) is 6.06. The molecule has 1 aromatic rings. The van der Waals surface area contributed by atoms with E-state index in [1.165, 1.54) is 0 Å². The normalized spacial score (nSPS) is 22.3. The molecule has 1 aliphatic rings. The Morgan fingerprint density at radius 2 is 2.16 bits per heavy atom. The minimum atomic E-state index is -0.0294. The first-order valence-electron chi connectivity index (χ1n) is 6.77. The highest BCUT2D eigenvalue weighted by molar-refractivity contribution is 5.99. The topological polar surface area (TPSA) is 50.4 Å². The second-order valence-electron chi connectivity index (χ2n) is 5.08. The van der Waals surface area contributed by atoms with Gasteiger partial charge in [-0.1, -0.05) is 6.07 Å². The smallest absolute Gasteiger partial charge is 0.253 e. The van der Waals surface area contributed by atoms with Crippen molar-refractivity contribution in [3.8, 4) is 0 Å². The zero-order chi connectivity index (χ0) is 13.8. The number of anilines is 1. The van der Waals surface area contributed by atoms with E-state index in [0.29, 0.717) is 5.56 Å². The van der Waals surface area contributed by atoms with E-state index >= 15 is 0 Å². The number of aryl methyl sites for hydroxylation is 1. The summed E-state index contributed by atoms with van der Waals surface area (Å²) in [7, 11) is 3.54. The Bertz CT molecular complexity index is 459. The molecular formula is C15H22N2O2. The number of hydrogen-bond acceptors (Lipinski definition) is 3. The Labute approximate surface area is 114 Å². The van der Waals surface area contributed by atoms with Crippen LogP contribution in [0.15, 0.2) is 18.2 Å². The maximum absolute atomic E-state index is 12.3. The Kier molecular flexibility index (Phi) is 4.43. The van der Waals surface area contributed by atoms with Gasteiger partial charge in [0.2, 0.25) is 0 Å². The van der Waals surface area contributed by atoms with Gasteiger partial charge in [-0.15, -0.1) is 0 Å². The van der Waals surface area contributed by atoms with Crippen LogP contribution in [0.5, 0.6) is 0 Å². The van der Waals surface area contributed by atoms with E-state index in [2.05, 4.69) is 10.6 Å². The molecule has 2 N–H and O–H groups in total. The summed E-state index contributed by atoms with van der Waals surface area (Å²) in [5.74, 6) is -0.0294. The molecule has 1 saturated carbocycles. The lowest BCUT2D eigenvalue weighted by molar-refractivity contribution is 0.0722. The molecule has 4 nitrogen and oxygen atoms in total. The van der Waals surface area contributed by atoms with E-state index in [0.717, 1.165) is 30.5 Å². The summed E-state index contributed by atoms with van der Waals surface area (Å²) in [6, 6.07) is 5.94. The van der Waals surface area contributed by atoms with Crippen molar-refractivity contribution in [1.82, 2.24) is 5.32 Å². The summed E-state index contributed by atoms with van der Waals surface area (Å²) in [4.78, 5) is 12.3. The zero-order valence-electron chi connectivity index (χ0n) is 11.8. The van der Waals surface area contributed by atoms with Crippen LogP contribution in [0.3, 0.4) is 0 Å². The van der Waals surface area contributed by atoms with Gasteiger partial charge in [0.15, 0.2) is 0 Å². The molecule has 0 bridgehead atoms. The summed E-state index contributed by atoms with van der Waals surface area (Å²) >= 11 is 0. The van der Waals surface area contributed by atoms with E-state index in [1.54, 1.807) is 7.11 Å². The van der Waals surface area contributed by atoms with Crippen LogP contribution in [-0.4, -0.2) is 32.2 Å². The van der Waals surface area contributed by atoms with Crippen molar-refractivity contribution in [3.05, 3.63) is 29.3 Å². The Balaban J connectivity index is 2.11. The van der Waals surface area contributed by atoms with E-state index < -0.39 is 0 Å². The van der Waals surface area contributed by atoms with Crippen LogP contribution in [-0.2, 0) is 4.74 Å². The third kappa shape index (κ3) is 3.07. The predicted octanol–water partition coefficient (Wildman–Crippen LogP) is 2.33. The van der Waals surface area contributed by atoms with Crippen LogP contribution >= 0.6 is 0 Å². The first-order chi connectivity index (χ1) is 9.15. The highest BCUT2D eigenvalue weighted by Crippen LogP contribution is 2.23. The van der Waals surface area contributed by atoms with Crippen LogP contribution in [0.25, 0.3) is 0 Å². The number of carbonyl (C=O) groups excluding carboxylic acids is 1. The van der Waals surface area contributed by atoms with Crippen LogP contribution in [0.4, 0.5) is 5.69 Å². The number of methoxy groups -OCH3 is 1. The van der Waals surface area contributed by atoms with Gasteiger partial charge in [-0.2, -0.15) is 0 Å². The van der Waals surface area contributed by atoms with Crippen LogP contribution < -0.4 is 10.6 Å². The van der Waals surface area contributed by atoms with Crippen molar-refractivity contribution in [2.24, 2.45) is 0 Å². The summed E-state index contributed by atoms with van der Waals surface area (Å²) in [6.45, 7) is 2.01. The van der Waals surface area contributed by atoms with Crippen LogP contribution in [0.2, 0.25) is 0 Å². The molecule has 0 aromatic heterocycles. The molecule has 0 aliphatic heterocycles. The minimum absolute atomic E-state index is 0.0294. The van der Waals surface area contributed by atoms with Gasteiger partial charge in [-0.25, -0.2) is 0 Å². The third-order valence-electron chi connectivity index (χ3n) is 3.76. The van der Waals surface area contributed by atoms with E-state index in [4.69, 9.17) is 4.74 Å². The molecule has 19 heavy (non-hydrogen) atoms. The number of hydrogen-bond donors (Lipinski definition) is 2. The lowest BCUT2D eigenvalue weighted by Crippen LogP contribution is -2.40. The van der Waals surface area contributed by atoms with Gasteiger partial charge in [0.1, 0.15) is 0 Å². The van der Waals surface area contributed by atoms with Crippen molar-refractivity contribution in [3.63, 3.8) is 0 Å². The standard InChI is InChI=1S/C15H22N2O2/c1-10-7-8-11(13(9-10)16-2)15(18)17-12-5-4-6-14(12)19-3/h7-9,12,14,16H,4-6H2,1-3H3,(H,17,18). The number of amides is 1. The van der Waals surface area contributed by atoms with Crippen LogP contribution in [0.1, 0.15) is 35.2 Å². The third-order valence-corrected chi connectivity index (χ3v) is 3.76. The molecule has 2 atom stereocenters. The van der Waals surface area contributed by atoms with Gasteiger partial charge in [0.05, 0.1) is 17.7 Å². The van der Waals surface area contributed by atoms with E-state index in [-0.39, 0.29) is 18.1 Å². The van der Waals surface area contributed by atoms with Gasteiger partial charge in [0, 0.05) is 19.8 Å². The molecule has 4 heteroatoms. The fraction of sp³-hybridized carbons (Fsp3) is 0.533. The van der Waals surface area contributed by atoms with Crippen molar-refractivity contribution in [2.75, 3.05) is 19.5 Å². The van der Waals surface area contributed by atoms with Crippen molar-refractivity contribution < 1.29 is 9.53 Å². The monoisotopic (exact) mass is 262 g/mol. The fourth-order valence-corrected chi connectivity index (χ4v) is 2.68. The Hall–Kier alpha value is -1.55. The van der Waals surface area contributed by atoms with Gasteiger partial charge in [-0.05, 0) is 43.9 Å². The van der Waals surface area contributed by atoms with Gasteiger partial charge in [0.25, 0.3) is 5.91 Å². The number of ether oxygens (including phenoxy) is 1. The maximum atomic E-state index is 12.3. The highest BCUT2D eigenvalue weighted by Gasteiger charge is 2.29. The quantitative estimate of drug-likeness (QED) is 0.875. The van der Waals surface area contributed by atoms with Crippen LogP contribution in [0, 0.1) is 6.92 Å². The zero-order valence-corrected chi connectivity index (χ0v) is 11.8. The molecule has 1 aromatic carbocycles. The average molecular weight is 262 g/mol. The molecule has 0 saturated heterocycles. The number of nitrogens with one attached hydrogen (secondary N) is 2. The molecule has 1 aliphatic carbocycles. The van der Waals surface area contributed by atoms with Gasteiger partial charge < -0.3 is 15.4 Å². The first-order valence-corrected chi connectivity index (χ1v) is 6.77. The SMILES string of the molecule is CNc1cc(C)ccc1C(=O)NC1CCCC1OC. The number of benzene rings is 1. The summed E-state index contributed by atoms with van der Waals surface area (Å²) < 4.78 is 5.41. The van der Waals surface area contributed by atoms with E-state index in [9.17, 15) is 4.79 Å². The Morgan fingerprint density at radius 3 is 2.84 bits per heavy atom. The molecule has 0 heterocycles. The van der Waals surface area contributed by atoms with Crippen molar-refractivity contribution >= 4 is 11.6 Å². The van der Waals surface area contributed by atoms with Crippen molar-refractivity contribution in [2.45, 2.75) is 38.3 Å². The lowest BCUT2D eigenvalue weighted by Gasteiger charge is -2.20. The molecule has 1 amide bonds. The van der Waals surface area contributed by atoms with Crippen molar-refractivity contribution in [1.29, 1.82) is 0 Å². The number of rotatable bonds is 4. The summed E-state index contributed by atoms with van der Waals surface area (Å²) in [5.41, 5.74) is 2.69. The molecule has 1 fully saturated rings. The number of carbonyl (C=O) groups is 1. The predicted molar refractivity (Wildman–Crippen MR) is 76.6 cm³/mol. The summed E-state index contributed by atoms with van der Waals surface area (Å²) in [5, 5.41) is 6.16. The van der Waals surface area contributed by atoms with Gasteiger partial charge >= 0.3 is 0 Å². The Morgan fingerprint density at radius 1 is 1.37 bits per heavy atom. The molecule has 0 radical (unpaired) electrons.